The van der Waals surface area contributed by atoms with Gasteiger partial charge in [-0.3, -0.25) is 9.59 Å². The van der Waals surface area contributed by atoms with E-state index in [4.69, 9.17) is 23.2 Å². The molecule has 2 rings (SSSR count). The molecule has 1 amide bonds. The number of methoxy groups -OCH3 is 1. The Hall–Kier alpha value is -1.28. The van der Waals surface area contributed by atoms with Gasteiger partial charge in [0.05, 0.1) is 30.0 Å². The molecular weight excluding hydrogens is 379 g/mol. The molecule has 0 aliphatic rings. The predicted molar refractivity (Wildman–Crippen MR) is 93.6 cm³/mol. The van der Waals surface area contributed by atoms with Crippen LogP contribution in [0.4, 0.5) is 5.13 Å². The van der Waals surface area contributed by atoms with Gasteiger partial charge in [0.1, 0.15) is 0 Å². The number of hydrogen-bond donors (Lipinski definition) is 1. The van der Waals surface area contributed by atoms with Gasteiger partial charge in [-0.15, -0.1) is 23.1 Å². The number of carbonyl (C=O) groups excluding carboxylic acids is 2. The molecule has 0 aliphatic carbocycles. The summed E-state index contributed by atoms with van der Waals surface area (Å²) >= 11 is 14.5. The van der Waals surface area contributed by atoms with Gasteiger partial charge in [0, 0.05) is 15.3 Å². The van der Waals surface area contributed by atoms with Crippen LogP contribution in [0.2, 0.25) is 10.0 Å². The molecule has 0 fully saturated rings. The number of rotatable bonds is 6. The lowest BCUT2D eigenvalue weighted by Crippen LogP contribution is -2.14. The zero-order chi connectivity index (χ0) is 16.8. The highest BCUT2D eigenvalue weighted by Crippen LogP contribution is 2.30. The van der Waals surface area contributed by atoms with Crippen molar-refractivity contribution in [3.8, 4) is 0 Å². The van der Waals surface area contributed by atoms with Crippen LogP contribution in [-0.4, -0.2) is 29.7 Å². The number of thioether (sulfide) groups is 1. The third-order valence-corrected chi connectivity index (χ3v) is 5.14. The van der Waals surface area contributed by atoms with E-state index in [1.807, 2.05) is 0 Å². The van der Waals surface area contributed by atoms with E-state index in [0.29, 0.717) is 20.9 Å². The smallest absolute Gasteiger partial charge is 0.311 e. The SMILES string of the molecule is COC(=O)Cc1csc(NC(=O)CSc2cc(Cl)ccc2Cl)n1. The molecule has 0 aliphatic heterocycles. The summed E-state index contributed by atoms with van der Waals surface area (Å²) in [5.74, 6) is -0.421. The van der Waals surface area contributed by atoms with E-state index >= 15 is 0 Å². The monoisotopic (exact) mass is 390 g/mol. The van der Waals surface area contributed by atoms with Crippen LogP contribution in [-0.2, 0) is 20.7 Å². The highest BCUT2D eigenvalue weighted by molar-refractivity contribution is 8.00. The quantitative estimate of drug-likeness (QED) is 0.598. The van der Waals surface area contributed by atoms with Crippen LogP contribution in [0.15, 0.2) is 28.5 Å². The van der Waals surface area contributed by atoms with Gasteiger partial charge in [-0.25, -0.2) is 4.98 Å². The van der Waals surface area contributed by atoms with E-state index in [0.717, 1.165) is 4.90 Å². The first-order valence-electron chi connectivity index (χ1n) is 6.37. The second kappa shape index (κ2) is 8.54. The largest absolute Gasteiger partial charge is 0.469 e. The maximum absolute atomic E-state index is 11.9. The Morgan fingerprint density at radius 2 is 2.17 bits per heavy atom. The van der Waals surface area contributed by atoms with E-state index in [-0.39, 0.29) is 24.1 Å². The van der Waals surface area contributed by atoms with Gasteiger partial charge in [-0.2, -0.15) is 0 Å². The average Bonchev–Trinajstić information content (AvgIpc) is 2.95. The van der Waals surface area contributed by atoms with Gasteiger partial charge >= 0.3 is 5.97 Å². The minimum Gasteiger partial charge on any atom is -0.469 e. The Balaban J connectivity index is 1.87. The maximum atomic E-state index is 11.9. The Morgan fingerprint density at radius 3 is 2.91 bits per heavy atom. The Bertz CT molecular complexity index is 722. The molecule has 0 spiro atoms. The molecule has 2 aromatic rings. The molecule has 0 saturated heterocycles. The molecule has 0 unspecified atom stereocenters. The highest BCUT2D eigenvalue weighted by atomic mass is 35.5. The highest BCUT2D eigenvalue weighted by Gasteiger charge is 2.11. The van der Waals surface area contributed by atoms with Gasteiger partial charge in [0.2, 0.25) is 5.91 Å². The number of carbonyl (C=O) groups is 2. The van der Waals surface area contributed by atoms with Crippen molar-refractivity contribution in [1.82, 2.24) is 4.98 Å². The zero-order valence-corrected chi connectivity index (χ0v) is 15.1. The lowest BCUT2D eigenvalue weighted by atomic mass is 10.3. The fraction of sp³-hybridized carbons (Fsp3) is 0.214. The van der Waals surface area contributed by atoms with Gasteiger partial charge in [0.25, 0.3) is 0 Å². The van der Waals surface area contributed by atoms with Crippen molar-refractivity contribution >= 4 is 63.3 Å². The summed E-state index contributed by atoms with van der Waals surface area (Å²) in [6, 6.07) is 5.08. The maximum Gasteiger partial charge on any atom is 0.311 e. The number of halogens is 2. The number of nitrogens with zero attached hydrogens (tertiary/aromatic N) is 1. The molecule has 1 aromatic carbocycles. The fourth-order valence-corrected chi connectivity index (χ4v) is 3.57. The summed E-state index contributed by atoms with van der Waals surface area (Å²) in [6.07, 6.45) is 0.0791. The topological polar surface area (TPSA) is 68.3 Å². The average molecular weight is 391 g/mol. The standard InChI is InChI=1S/C14H12Cl2N2O3S2/c1-21-13(20)5-9-6-23-14(17-9)18-12(19)7-22-11-4-8(15)2-3-10(11)16/h2-4,6H,5,7H2,1H3,(H,17,18,19). The molecule has 5 nitrogen and oxygen atoms in total. The number of ether oxygens (including phenoxy) is 1. The van der Waals surface area contributed by atoms with Crippen LogP contribution in [0.3, 0.4) is 0 Å². The van der Waals surface area contributed by atoms with Crippen LogP contribution in [0, 0.1) is 0 Å². The Morgan fingerprint density at radius 1 is 1.39 bits per heavy atom. The summed E-state index contributed by atoms with van der Waals surface area (Å²) < 4.78 is 4.56. The summed E-state index contributed by atoms with van der Waals surface area (Å²) in [5.41, 5.74) is 0.558. The van der Waals surface area contributed by atoms with Crippen LogP contribution >= 0.6 is 46.3 Å². The molecule has 9 heteroatoms. The van der Waals surface area contributed by atoms with E-state index in [9.17, 15) is 9.59 Å². The fourth-order valence-electron chi connectivity index (χ4n) is 1.55. The molecule has 1 heterocycles. The number of aromatic nitrogens is 1. The molecule has 0 radical (unpaired) electrons. The Labute approximate surface area is 151 Å². The number of esters is 1. The van der Waals surface area contributed by atoms with Crippen molar-refractivity contribution in [2.45, 2.75) is 11.3 Å². The molecule has 1 aromatic heterocycles. The van der Waals surface area contributed by atoms with Crippen molar-refractivity contribution in [2.75, 3.05) is 18.2 Å². The molecule has 0 bridgehead atoms. The van der Waals surface area contributed by atoms with Crippen molar-refractivity contribution in [3.63, 3.8) is 0 Å². The van der Waals surface area contributed by atoms with Crippen molar-refractivity contribution < 1.29 is 14.3 Å². The Kier molecular flexibility index (Phi) is 6.71. The third-order valence-electron chi connectivity index (χ3n) is 2.60. The number of amides is 1. The molecule has 1 N–H and O–H groups in total. The van der Waals surface area contributed by atoms with Crippen LogP contribution in [0.5, 0.6) is 0 Å². The van der Waals surface area contributed by atoms with Crippen molar-refractivity contribution in [2.24, 2.45) is 0 Å². The van der Waals surface area contributed by atoms with Crippen LogP contribution in [0.1, 0.15) is 5.69 Å². The van der Waals surface area contributed by atoms with Gasteiger partial charge in [0.15, 0.2) is 5.13 Å². The van der Waals surface area contributed by atoms with Crippen LogP contribution in [0.25, 0.3) is 0 Å². The van der Waals surface area contributed by atoms with E-state index in [1.54, 1.807) is 23.6 Å². The van der Waals surface area contributed by atoms with Gasteiger partial charge in [-0.1, -0.05) is 23.2 Å². The number of benzene rings is 1. The summed E-state index contributed by atoms with van der Waals surface area (Å²) in [4.78, 5) is 28.0. The lowest BCUT2D eigenvalue weighted by molar-refractivity contribution is -0.139. The zero-order valence-electron chi connectivity index (χ0n) is 12.0. The molecule has 122 valence electrons. The first-order valence-corrected chi connectivity index (χ1v) is 8.99. The second-order valence-electron chi connectivity index (χ2n) is 4.31. The minimum atomic E-state index is -0.376. The summed E-state index contributed by atoms with van der Waals surface area (Å²) in [7, 11) is 1.32. The van der Waals surface area contributed by atoms with Gasteiger partial charge < -0.3 is 10.1 Å². The van der Waals surface area contributed by atoms with E-state index in [2.05, 4.69) is 15.0 Å². The van der Waals surface area contributed by atoms with E-state index < -0.39 is 0 Å². The molecule has 0 atom stereocenters. The first kappa shape index (κ1) is 18.1. The normalized spacial score (nSPS) is 10.4. The van der Waals surface area contributed by atoms with Crippen molar-refractivity contribution in [3.05, 3.63) is 39.3 Å². The third kappa shape index (κ3) is 5.69. The predicted octanol–water partition coefficient (Wildman–Crippen LogP) is 3.90. The molecule has 23 heavy (non-hydrogen) atoms. The summed E-state index contributed by atoms with van der Waals surface area (Å²) in [6.45, 7) is 0. The van der Waals surface area contributed by atoms with Gasteiger partial charge in [-0.05, 0) is 18.2 Å². The molecular formula is C14H12Cl2N2O3S2. The first-order chi connectivity index (χ1) is 11.0. The lowest BCUT2D eigenvalue weighted by Gasteiger charge is -2.04. The summed E-state index contributed by atoms with van der Waals surface area (Å²) in [5, 5.41) is 5.92. The molecule has 0 saturated carbocycles. The van der Waals surface area contributed by atoms with Crippen molar-refractivity contribution in [1.29, 1.82) is 0 Å². The number of anilines is 1. The number of hydrogen-bond acceptors (Lipinski definition) is 6. The minimum absolute atomic E-state index is 0.0791. The number of thiazole rings is 1. The van der Waals surface area contributed by atoms with E-state index in [1.165, 1.54) is 30.2 Å². The second-order valence-corrected chi connectivity index (χ2v) is 7.03. The van der Waals surface area contributed by atoms with Crippen LogP contribution < -0.4 is 5.32 Å². The number of nitrogens with one attached hydrogen (secondary N) is 1.